The highest BCUT2D eigenvalue weighted by Gasteiger charge is 2.29. The van der Waals surface area contributed by atoms with Gasteiger partial charge in [0, 0.05) is 43.3 Å². The van der Waals surface area contributed by atoms with Gasteiger partial charge in [-0.05, 0) is 55.5 Å². The lowest BCUT2D eigenvalue weighted by Gasteiger charge is -2.27. The van der Waals surface area contributed by atoms with Crippen LogP contribution in [0.15, 0.2) is 48.8 Å². The summed E-state index contributed by atoms with van der Waals surface area (Å²) in [6, 6.07) is 12.4. The molecule has 2 aromatic carbocycles. The van der Waals surface area contributed by atoms with Gasteiger partial charge in [0.15, 0.2) is 11.5 Å². The summed E-state index contributed by atoms with van der Waals surface area (Å²) in [5.41, 5.74) is 6.35. The number of para-hydroxylation sites is 1. The number of ether oxygens (including phenoxy) is 2. The third kappa shape index (κ3) is 4.40. The molecule has 0 spiro atoms. The number of rotatable bonds is 6. The standard InChI is InChI=1S/C28H31N7O2/c1-17-8-9-19(12-18(17)2)14-29-28-31-25-22(6-5-7-23(25)36-4)27-32-26(33-35(27)28)20-10-11-37-24(13-20)21-15-30-34(3)16-21/h5-9,12,15-16,20,24H,10-11,13-14H2,1-4H3,(H,29,31). The molecule has 5 aromatic rings. The highest BCUT2D eigenvalue weighted by Crippen LogP contribution is 2.37. The van der Waals surface area contributed by atoms with Crippen LogP contribution in [0.3, 0.4) is 0 Å². The molecule has 9 heteroatoms. The Morgan fingerprint density at radius 1 is 1.14 bits per heavy atom. The minimum atomic E-state index is -0.0172. The molecule has 1 aliphatic rings. The SMILES string of the molecule is COc1cccc2c1nc(NCc1ccc(C)c(C)c1)n1nc(C3CCOC(c4cnn(C)c4)C3)nc21. The molecule has 2 atom stereocenters. The van der Waals surface area contributed by atoms with Crippen LogP contribution in [0.4, 0.5) is 5.95 Å². The molecular weight excluding hydrogens is 466 g/mol. The fourth-order valence-corrected chi connectivity index (χ4v) is 5.04. The molecule has 6 rings (SSSR count). The first-order valence-electron chi connectivity index (χ1n) is 12.6. The minimum absolute atomic E-state index is 0.0172. The maximum Gasteiger partial charge on any atom is 0.226 e. The number of aryl methyl sites for hydroxylation is 3. The number of nitrogens with one attached hydrogen (secondary N) is 1. The highest BCUT2D eigenvalue weighted by atomic mass is 16.5. The molecule has 3 aromatic heterocycles. The number of hydrogen-bond donors (Lipinski definition) is 1. The van der Waals surface area contributed by atoms with Crippen molar-refractivity contribution in [3.8, 4) is 5.75 Å². The van der Waals surface area contributed by atoms with Crippen LogP contribution >= 0.6 is 0 Å². The zero-order valence-corrected chi connectivity index (χ0v) is 21.6. The number of aromatic nitrogens is 6. The van der Waals surface area contributed by atoms with Gasteiger partial charge in [0.1, 0.15) is 11.3 Å². The largest absolute Gasteiger partial charge is 0.494 e. The van der Waals surface area contributed by atoms with Crippen LogP contribution in [0, 0.1) is 13.8 Å². The summed E-state index contributed by atoms with van der Waals surface area (Å²) in [4.78, 5) is 10.00. The molecular formula is C28H31N7O2. The van der Waals surface area contributed by atoms with Crippen molar-refractivity contribution in [1.82, 2.24) is 29.4 Å². The van der Waals surface area contributed by atoms with E-state index in [0.717, 1.165) is 40.8 Å². The van der Waals surface area contributed by atoms with Gasteiger partial charge in [-0.25, -0.2) is 9.97 Å². The summed E-state index contributed by atoms with van der Waals surface area (Å²) in [7, 11) is 3.59. The van der Waals surface area contributed by atoms with Gasteiger partial charge in [0.05, 0.1) is 19.4 Å². The third-order valence-electron chi connectivity index (χ3n) is 7.27. The van der Waals surface area contributed by atoms with Gasteiger partial charge in [0.25, 0.3) is 0 Å². The molecule has 1 aliphatic heterocycles. The second-order valence-electron chi connectivity index (χ2n) is 9.80. The Labute approximate surface area is 215 Å². The molecule has 0 saturated carbocycles. The Balaban J connectivity index is 1.39. The normalized spacial score (nSPS) is 17.9. The maximum absolute atomic E-state index is 6.08. The van der Waals surface area contributed by atoms with E-state index in [0.29, 0.717) is 24.8 Å². The summed E-state index contributed by atoms with van der Waals surface area (Å²) in [6.45, 7) is 5.54. The van der Waals surface area contributed by atoms with Gasteiger partial charge in [-0.15, -0.1) is 5.10 Å². The van der Waals surface area contributed by atoms with Crippen molar-refractivity contribution in [2.45, 2.75) is 45.3 Å². The first kappa shape index (κ1) is 23.4. The Morgan fingerprint density at radius 2 is 2.03 bits per heavy atom. The summed E-state index contributed by atoms with van der Waals surface area (Å²) in [5.74, 6) is 2.33. The Hall–Kier alpha value is -3.98. The summed E-state index contributed by atoms with van der Waals surface area (Å²) in [5, 5.41) is 13.7. The molecule has 0 amide bonds. The summed E-state index contributed by atoms with van der Waals surface area (Å²) < 4.78 is 15.4. The van der Waals surface area contributed by atoms with Gasteiger partial charge in [-0.3, -0.25) is 4.68 Å². The number of benzene rings is 2. The molecule has 1 N–H and O–H groups in total. The van der Waals surface area contributed by atoms with Crippen molar-refractivity contribution in [2.24, 2.45) is 7.05 Å². The van der Waals surface area contributed by atoms with E-state index in [1.54, 1.807) is 7.11 Å². The summed E-state index contributed by atoms with van der Waals surface area (Å²) in [6.07, 6.45) is 5.55. The van der Waals surface area contributed by atoms with Gasteiger partial charge in [-0.2, -0.15) is 9.61 Å². The first-order chi connectivity index (χ1) is 18.0. The van der Waals surface area contributed by atoms with Gasteiger partial charge in [0.2, 0.25) is 5.95 Å². The molecule has 1 fully saturated rings. The average molecular weight is 498 g/mol. The lowest BCUT2D eigenvalue weighted by atomic mass is 9.92. The van der Waals surface area contributed by atoms with E-state index in [1.165, 1.54) is 16.7 Å². The monoisotopic (exact) mass is 497 g/mol. The molecule has 4 heterocycles. The van der Waals surface area contributed by atoms with E-state index in [1.807, 2.05) is 46.8 Å². The number of methoxy groups -OCH3 is 1. The lowest BCUT2D eigenvalue weighted by Crippen LogP contribution is -2.19. The molecule has 1 saturated heterocycles. The van der Waals surface area contributed by atoms with E-state index < -0.39 is 0 Å². The highest BCUT2D eigenvalue weighted by molar-refractivity contribution is 5.96. The Morgan fingerprint density at radius 3 is 2.81 bits per heavy atom. The fraction of sp³-hybridized carbons (Fsp3) is 0.357. The van der Waals surface area contributed by atoms with Crippen LogP contribution < -0.4 is 10.1 Å². The van der Waals surface area contributed by atoms with Crippen molar-refractivity contribution in [1.29, 1.82) is 0 Å². The number of fused-ring (bicyclic) bond motifs is 3. The number of anilines is 1. The van der Waals surface area contributed by atoms with Crippen LogP contribution in [0.5, 0.6) is 5.75 Å². The second-order valence-corrected chi connectivity index (χ2v) is 9.80. The summed E-state index contributed by atoms with van der Waals surface area (Å²) >= 11 is 0. The molecule has 37 heavy (non-hydrogen) atoms. The van der Waals surface area contributed by atoms with Crippen molar-refractivity contribution in [2.75, 3.05) is 19.0 Å². The van der Waals surface area contributed by atoms with Gasteiger partial charge in [-0.1, -0.05) is 24.3 Å². The average Bonchev–Trinajstić information content (AvgIpc) is 3.56. The predicted octanol–water partition coefficient (Wildman–Crippen LogP) is 4.88. The first-order valence-corrected chi connectivity index (χ1v) is 12.6. The predicted molar refractivity (Wildman–Crippen MR) is 142 cm³/mol. The molecule has 9 nitrogen and oxygen atoms in total. The van der Waals surface area contributed by atoms with E-state index in [9.17, 15) is 0 Å². The van der Waals surface area contributed by atoms with Crippen molar-refractivity contribution in [3.05, 3.63) is 76.9 Å². The molecule has 190 valence electrons. The van der Waals surface area contributed by atoms with Crippen molar-refractivity contribution in [3.63, 3.8) is 0 Å². The van der Waals surface area contributed by atoms with Gasteiger partial charge < -0.3 is 14.8 Å². The molecule has 0 aliphatic carbocycles. The zero-order chi connectivity index (χ0) is 25.5. The van der Waals surface area contributed by atoms with Crippen LogP contribution in [0.1, 0.15) is 52.9 Å². The van der Waals surface area contributed by atoms with E-state index in [4.69, 9.17) is 24.5 Å². The van der Waals surface area contributed by atoms with Crippen LogP contribution in [-0.4, -0.2) is 43.1 Å². The van der Waals surface area contributed by atoms with Crippen LogP contribution in [0.25, 0.3) is 16.6 Å². The van der Waals surface area contributed by atoms with E-state index >= 15 is 0 Å². The number of nitrogens with zero attached hydrogens (tertiary/aromatic N) is 6. The topological polar surface area (TPSA) is 91.4 Å². The lowest BCUT2D eigenvalue weighted by molar-refractivity contribution is 0.00396. The zero-order valence-electron chi connectivity index (χ0n) is 21.6. The minimum Gasteiger partial charge on any atom is -0.494 e. The third-order valence-corrected chi connectivity index (χ3v) is 7.27. The van der Waals surface area contributed by atoms with Crippen molar-refractivity contribution >= 4 is 22.5 Å². The maximum atomic E-state index is 6.08. The van der Waals surface area contributed by atoms with Crippen LogP contribution in [-0.2, 0) is 18.3 Å². The molecule has 0 radical (unpaired) electrons. The Kier molecular flexibility index (Phi) is 6.00. The van der Waals surface area contributed by atoms with E-state index in [2.05, 4.69) is 42.5 Å². The smallest absolute Gasteiger partial charge is 0.226 e. The van der Waals surface area contributed by atoms with Gasteiger partial charge >= 0.3 is 0 Å². The molecule has 2 unspecified atom stereocenters. The van der Waals surface area contributed by atoms with E-state index in [-0.39, 0.29) is 12.0 Å². The van der Waals surface area contributed by atoms with Crippen molar-refractivity contribution < 1.29 is 9.47 Å². The van der Waals surface area contributed by atoms with Crippen LogP contribution in [0.2, 0.25) is 0 Å². The fourth-order valence-electron chi connectivity index (χ4n) is 5.04. The molecule has 0 bridgehead atoms. The Bertz CT molecular complexity index is 1590. The number of hydrogen-bond acceptors (Lipinski definition) is 7. The second kappa shape index (κ2) is 9.48. The quantitative estimate of drug-likeness (QED) is 0.357.